The summed E-state index contributed by atoms with van der Waals surface area (Å²) in [6.45, 7) is 3.36. The Labute approximate surface area is 86.2 Å². The lowest BCUT2D eigenvalue weighted by Crippen LogP contribution is -2.22. The summed E-state index contributed by atoms with van der Waals surface area (Å²) in [6, 6.07) is 0.622. The van der Waals surface area contributed by atoms with Crippen molar-refractivity contribution in [3.8, 4) is 0 Å². The number of aromatic amines is 1. The van der Waals surface area contributed by atoms with Crippen molar-refractivity contribution in [2.45, 2.75) is 32.4 Å². The van der Waals surface area contributed by atoms with Gasteiger partial charge in [-0.15, -0.1) is 0 Å². The molecule has 1 aromatic heterocycles. The van der Waals surface area contributed by atoms with E-state index in [1.54, 1.807) is 5.56 Å². The average Bonchev–Trinajstić information content (AvgIpc) is 2.58. The number of hydrogen-bond donors (Lipinski definition) is 2. The molecule has 0 radical (unpaired) electrons. The van der Waals surface area contributed by atoms with Crippen molar-refractivity contribution in [3.05, 3.63) is 21.4 Å². The molecule has 2 unspecified atom stereocenters. The summed E-state index contributed by atoms with van der Waals surface area (Å²) in [5, 5.41) is 3.57. The molecule has 2 nitrogen and oxygen atoms in total. The third-order valence-corrected chi connectivity index (χ3v) is 3.92. The summed E-state index contributed by atoms with van der Waals surface area (Å²) in [7, 11) is 0. The highest BCUT2D eigenvalue weighted by Crippen LogP contribution is 2.41. The number of rotatable bonds is 0. The van der Waals surface area contributed by atoms with E-state index in [0.717, 1.165) is 12.5 Å². The van der Waals surface area contributed by atoms with E-state index in [1.165, 1.54) is 28.7 Å². The molecule has 70 valence electrons. The minimum absolute atomic E-state index is 0.622. The number of nitrogens with one attached hydrogen (secondary N) is 2. The fourth-order valence-electron chi connectivity index (χ4n) is 2.69. The molecule has 1 aromatic rings. The first-order valence-electron chi connectivity index (χ1n) is 4.88. The molecule has 2 aliphatic rings. The predicted octanol–water partition coefficient (Wildman–Crippen LogP) is 2.50. The zero-order valence-corrected chi connectivity index (χ0v) is 9.24. The highest BCUT2D eigenvalue weighted by atomic mass is 79.9. The van der Waals surface area contributed by atoms with E-state index in [9.17, 15) is 0 Å². The quantitative estimate of drug-likeness (QED) is 0.717. The normalized spacial score (nSPS) is 30.6. The molecular weight excluding hydrogens is 228 g/mol. The van der Waals surface area contributed by atoms with Gasteiger partial charge in [-0.1, -0.05) is 6.92 Å². The van der Waals surface area contributed by atoms with Crippen LogP contribution in [-0.4, -0.2) is 4.98 Å². The number of H-pyrrole nitrogens is 1. The summed E-state index contributed by atoms with van der Waals surface area (Å²) >= 11 is 3.59. The van der Waals surface area contributed by atoms with Crippen molar-refractivity contribution in [2.75, 3.05) is 0 Å². The van der Waals surface area contributed by atoms with Gasteiger partial charge in [0, 0.05) is 23.8 Å². The van der Waals surface area contributed by atoms with Crippen LogP contribution in [-0.2, 0) is 13.0 Å². The van der Waals surface area contributed by atoms with Crippen LogP contribution < -0.4 is 5.32 Å². The lowest BCUT2D eigenvalue weighted by Gasteiger charge is -2.24. The van der Waals surface area contributed by atoms with Gasteiger partial charge in [0.05, 0.1) is 4.60 Å². The zero-order chi connectivity index (χ0) is 9.00. The molecule has 0 spiro atoms. The Balaban J connectivity index is 2.17. The van der Waals surface area contributed by atoms with Crippen molar-refractivity contribution in [3.63, 3.8) is 0 Å². The first-order chi connectivity index (χ1) is 6.25. The molecule has 3 rings (SSSR count). The summed E-state index contributed by atoms with van der Waals surface area (Å²) in [6.07, 6.45) is 2.51. The van der Waals surface area contributed by atoms with E-state index >= 15 is 0 Å². The van der Waals surface area contributed by atoms with Crippen LogP contribution >= 0.6 is 15.9 Å². The zero-order valence-electron chi connectivity index (χ0n) is 7.65. The minimum Gasteiger partial charge on any atom is -0.353 e. The van der Waals surface area contributed by atoms with Crippen LogP contribution in [0, 0.1) is 5.92 Å². The monoisotopic (exact) mass is 240 g/mol. The molecule has 2 atom stereocenters. The van der Waals surface area contributed by atoms with Gasteiger partial charge in [0.1, 0.15) is 0 Å². The first-order valence-corrected chi connectivity index (χ1v) is 5.67. The molecule has 0 fully saturated rings. The van der Waals surface area contributed by atoms with Gasteiger partial charge in [-0.25, -0.2) is 0 Å². The molecule has 1 aliphatic heterocycles. The Kier molecular flexibility index (Phi) is 1.62. The average molecular weight is 241 g/mol. The van der Waals surface area contributed by atoms with Crippen LogP contribution in [0.3, 0.4) is 0 Å². The van der Waals surface area contributed by atoms with Crippen LogP contribution in [0.2, 0.25) is 0 Å². The fourth-order valence-corrected chi connectivity index (χ4v) is 3.29. The molecule has 13 heavy (non-hydrogen) atoms. The van der Waals surface area contributed by atoms with Gasteiger partial charge in [-0.3, -0.25) is 0 Å². The van der Waals surface area contributed by atoms with Gasteiger partial charge in [-0.2, -0.15) is 0 Å². The Morgan fingerprint density at radius 2 is 2.31 bits per heavy atom. The van der Waals surface area contributed by atoms with Crippen molar-refractivity contribution in [2.24, 2.45) is 5.92 Å². The molecule has 0 saturated heterocycles. The second-order valence-electron chi connectivity index (χ2n) is 4.29. The predicted molar refractivity (Wildman–Crippen MR) is 55.6 cm³/mol. The second kappa shape index (κ2) is 2.61. The molecule has 2 heterocycles. The summed E-state index contributed by atoms with van der Waals surface area (Å²) < 4.78 is 1.20. The Hall–Kier alpha value is -0.280. The van der Waals surface area contributed by atoms with Crippen LogP contribution in [0.25, 0.3) is 0 Å². The van der Waals surface area contributed by atoms with Gasteiger partial charge in [0.25, 0.3) is 0 Å². The highest BCUT2D eigenvalue weighted by molar-refractivity contribution is 9.10. The molecule has 0 amide bonds. The van der Waals surface area contributed by atoms with E-state index in [-0.39, 0.29) is 0 Å². The van der Waals surface area contributed by atoms with Crippen LogP contribution in [0.5, 0.6) is 0 Å². The molecule has 0 saturated carbocycles. The summed E-state index contributed by atoms with van der Waals surface area (Å²) in [5.74, 6) is 0.807. The maximum absolute atomic E-state index is 3.59. The van der Waals surface area contributed by atoms with Crippen LogP contribution in [0.15, 0.2) is 4.60 Å². The van der Waals surface area contributed by atoms with E-state index < -0.39 is 0 Å². The standard InChI is InChI=1S/C10H13BrN2/c1-5-2-7-9-6(4-12-7)10(11)13-8(9)3-5/h5,7,12-13H,2-4H2,1H3. The van der Waals surface area contributed by atoms with Crippen molar-refractivity contribution in [1.82, 2.24) is 10.3 Å². The lowest BCUT2D eigenvalue weighted by molar-refractivity contribution is 0.397. The molecule has 0 bridgehead atoms. The van der Waals surface area contributed by atoms with Crippen LogP contribution in [0.1, 0.15) is 36.2 Å². The minimum atomic E-state index is 0.622. The Morgan fingerprint density at radius 3 is 3.15 bits per heavy atom. The van der Waals surface area contributed by atoms with Crippen molar-refractivity contribution < 1.29 is 0 Å². The molecule has 3 heteroatoms. The molecule has 0 aromatic carbocycles. The van der Waals surface area contributed by atoms with Gasteiger partial charge < -0.3 is 10.3 Å². The summed E-state index contributed by atoms with van der Waals surface area (Å²) in [5.41, 5.74) is 4.48. The molecule has 2 N–H and O–H groups in total. The highest BCUT2D eigenvalue weighted by Gasteiger charge is 2.33. The van der Waals surface area contributed by atoms with Crippen molar-refractivity contribution >= 4 is 15.9 Å². The third kappa shape index (κ3) is 1.03. The second-order valence-corrected chi connectivity index (χ2v) is 5.08. The SMILES string of the molecule is CC1Cc2[nH]c(Br)c3c2C(C1)NC3. The van der Waals surface area contributed by atoms with Gasteiger partial charge in [-0.05, 0) is 40.3 Å². The van der Waals surface area contributed by atoms with E-state index in [1.807, 2.05) is 0 Å². The number of hydrogen-bond acceptors (Lipinski definition) is 1. The van der Waals surface area contributed by atoms with Gasteiger partial charge in [0.2, 0.25) is 0 Å². The smallest absolute Gasteiger partial charge is 0.0871 e. The summed E-state index contributed by atoms with van der Waals surface area (Å²) in [4.78, 5) is 3.45. The molecular formula is C10H13BrN2. The lowest BCUT2D eigenvalue weighted by atomic mass is 9.86. The molecule has 1 aliphatic carbocycles. The van der Waals surface area contributed by atoms with E-state index in [4.69, 9.17) is 0 Å². The Bertz CT molecular complexity index is 356. The Morgan fingerprint density at radius 1 is 1.46 bits per heavy atom. The van der Waals surface area contributed by atoms with E-state index in [0.29, 0.717) is 6.04 Å². The van der Waals surface area contributed by atoms with E-state index in [2.05, 4.69) is 33.2 Å². The fraction of sp³-hybridized carbons (Fsp3) is 0.600. The third-order valence-electron chi connectivity index (χ3n) is 3.24. The van der Waals surface area contributed by atoms with Gasteiger partial charge >= 0.3 is 0 Å². The van der Waals surface area contributed by atoms with Gasteiger partial charge in [0.15, 0.2) is 0 Å². The van der Waals surface area contributed by atoms with Crippen molar-refractivity contribution in [1.29, 1.82) is 0 Å². The first kappa shape index (κ1) is 8.06. The maximum atomic E-state index is 3.59. The largest absolute Gasteiger partial charge is 0.353 e. The van der Waals surface area contributed by atoms with Crippen LogP contribution in [0.4, 0.5) is 0 Å². The topological polar surface area (TPSA) is 27.8 Å². The maximum Gasteiger partial charge on any atom is 0.0871 e. The number of aromatic nitrogens is 1. The number of halogens is 1.